The van der Waals surface area contributed by atoms with Crippen molar-refractivity contribution in [3.8, 4) is 5.69 Å². The van der Waals surface area contributed by atoms with Crippen LogP contribution in [0.1, 0.15) is 46.2 Å². The summed E-state index contributed by atoms with van der Waals surface area (Å²) in [7, 11) is 0. The van der Waals surface area contributed by atoms with Gasteiger partial charge in [0.25, 0.3) is 5.91 Å². The summed E-state index contributed by atoms with van der Waals surface area (Å²) in [5.74, 6) is 0.836. The zero-order valence-corrected chi connectivity index (χ0v) is 19.8. The first-order valence-electron chi connectivity index (χ1n) is 11.0. The number of hydrogen-bond donors (Lipinski definition) is 0. The molecule has 0 aliphatic carbocycles. The maximum absolute atomic E-state index is 13.7. The Bertz CT molecular complexity index is 1270. The molecule has 1 heterocycles. The predicted octanol–water partition coefficient (Wildman–Crippen LogP) is 6.66. The monoisotopic (exact) mass is 445 g/mol. The molecular formula is C27H28ClN3O. The summed E-state index contributed by atoms with van der Waals surface area (Å²) in [5, 5.41) is 0.649. The third-order valence-corrected chi connectivity index (χ3v) is 6.05. The highest BCUT2D eigenvalue weighted by atomic mass is 35.5. The second-order valence-electron chi connectivity index (χ2n) is 8.30. The van der Waals surface area contributed by atoms with Gasteiger partial charge in [-0.2, -0.15) is 0 Å². The molecule has 164 valence electrons. The van der Waals surface area contributed by atoms with E-state index in [9.17, 15) is 4.79 Å². The van der Waals surface area contributed by atoms with Crippen LogP contribution in [0.5, 0.6) is 0 Å². The number of para-hydroxylation sites is 3. The van der Waals surface area contributed by atoms with Crippen LogP contribution in [0.4, 0.5) is 0 Å². The molecule has 0 bridgehead atoms. The second-order valence-corrected chi connectivity index (χ2v) is 8.71. The molecule has 0 atom stereocenters. The van der Waals surface area contributed by atoms with E-state index < -0.39 is 0 Å². The van der Waals surface area contributed by atoms with Crippen molar-refractivity contribution in [1.29, 1.82) is 0 Å². The third kappa shape index (κ3) is 4.15. The zero-order chi connectivity index (χ0) is 22.8. The Morgan fingerprint density at radius 2 is 1.66 bits per heavy atom. The van der Waals surface area contributed by atoms with Gasteiger partial charge in [0.15, 0.2) is 0 Å². The fourth-order valence-corrected chi connectivity index (χ4v) is 4.67. The number of benzene rings is 3. The van der Waals surface area contributed by atoms with E-state index in [0.717, 1.165) is 45.7 Å². The smallest absolute Gasteiger partial charge is 0.254 e. The Kier molecular flexibility index (Phi) is 6.33. The summed E-state index contributed by atoms with van der Waals surface area (Å²) in [5.41, 5.74) is 6.69. The number of aryl methyl sites for hydroxylation is 3. The SMILES string of the molecule is CCCN(Cc1nc2ccccc2n1-c1ccccc1Cl)C(=O)c1c(C)cc(C)cc1C. The summed E-state index contributed by atoms with van der Waals surface area (Å²) in [4.78, 5) is 20.5. The molecule has 4 rings (SSSR count). The van der Waals surface area contributed by atoms with Crippen LogP contribution in [0.15, 0.2) is 60.7 Å². The van der Waals surface area contributed by atoms with Crippen LogP contribution < -0.4 is 0 Å². The van der Waals surface area contributed by atoms with Crippen LogP contribution in [-0.4, -0.2) is 26.9 Å². The molecule has 3 aromatic carbocycles. The molecule has 0 unspecified atom stereocenters. The largest absolute Gasteiger partial charge is 0.331 e. The Morgan fingerprint density at radius 3 is 2.34 bits per heavy atom. The van der Waals surface area contributed by atoms with E-state index in [4.69, 9.17) is 16.6 Å². The van der Waals surface area contributed by atoms with Gasteiger partial charge in [-0.05, 0) is 62.6 Å². The maximum Gasteiger partial charge on any atom is 0.254 e. The van der Waals surface area contributed by atoms with Gasteiger partial charge in [0.05, 0.1) is 28.3 Å². The van der Waals surface area contributed by atoms with Gasteiger partial charge in [0, 0.05) is 12.1 Å². The number of carbonyl (C=O) groups is 1. The second kappa shape index (κ2) is 9.17. The topological polar surface area (TPSA) is 38.1 Å². The van der Waals surface area contributed by atoms with Crippen molar-refractivity contribution in [1.82, 2.24) is 14.5 Å². The van der Waals surface area contributed by atoms with E-state index in [-0.39, 0.29) is 5.91 Å². The zero-order valence-electron chi connectivity index (χ0n) is 19.0. The molecule has 32 heavy (non-hydrogen) atoms. The first-order chi connectivity index (χ1) is 15.4. The molecule has 0 N–H and O–H groups in total. The summed E-state index contributed by atoms with van der Waals surface area (Å²) >= 11 is 6.57. The number of fused-ring (bicyclic) bond motifs is 1. The minimum Gasteiger partial charge on any atom is -0.331 e. The Balaban J connectivity index is 1.81. The number of carbonyl (C=O) groups excluding carboxylic acids is 1. The fraction of sp³-hybridized carbons (Fsp3) is 0.259. The van der Waals surface area contributed by atoms with Crippen LogP contribution >= 0.6 is 11.6 Å². The highest BCUT2D eigenvalue weighted by Crippen LogP contribution is 2.28. The standard InChI is InChI=1S/C27H28ClN3O/c1-5-14-30(27(32)26-19(3)15-18(2)16-20(26)4)17-25-29-22-11-7-9-13-24(22)31(25)23-12-8-6-10-21(23)28/h6-13,15-16H,5,14,17H2,1-4H3. The van der Waals surface area contributed by atoms with Gasteiger partial charge < -0.3 is 4.90 Å². The molecule has 0 saturated carbocycles. The minimum atomic E-state index is 0.0413. The van der Waals surface area contributed by atoms with Gasteiger partial charge in [0.2, 0.25) is 0 Å². The molecule has 0 radical (unpaired) electrons. The minimum absolute atomic E-state index is 0.0413. The van der Waals surface area contributed by atoms with Crippen molar-refractivity contribution < 1.29 is 4.79 Å². The van der Waals surface area contributed by atoms with Crippen LogP contribution in [0.2, 0.25) is 5.02 Å². The van der Waals surface area contributed by atoms with Crippen LogP contribution in [0.3, 0.4) is 0 Å². The normalized spacial score (nSPS) is 11.2. The molecule has 5 heteroatoms. The molecule has 1 aromatic heterocycles. The van der Waals surface area contributed by atoms with E-state index in [1.165, 1.54) is 5.56 Å². The Morgan fingerprint density at radius 1 is 1.00 bits per heavy atom. The fourth-order valence-electron chi connectivity index (χ4n) is 4.45. The van der Waals surface area contributed by atoms with Gasteiger partial charge in [0.1, 0.15) is 5.82 Å². The highest BCUT2D eigenvalue weighted by Gasteiger charge is 2.23. The van der Waals surface area contributed by atoms with Gasteiger partial charge in [-0.25, -0.2) is 4.98 Å². The summed E-state index contributed by atoms with van der Waals surface area (Å²) in [6.07, 6.45) is 0.863. The molecule has 0 fully saturated rings. The molecule has 0 aliphatic rings. The number of amides is 1. The van der Waals surface area contributed by atoms with E-state index >= 15 is 0 Å². The lowest BCUT2D eigenvalue weighted by Gasteiger charge is -2.24. The molecule has 4 nitrogen and oxygen atoms in total. The van der Waals surface area contributed by atoms with E-state index in [2.05, 4.69) is 30.5 Å². The van der Waals surface area contributed by atoms with Gasteiger partial charge in [-0.15, -0.1) is 0 Å². The van der Waals surface area contributed by atoms with E-state index in [1.807, 2.05) is 67.3 Å². The molecule has 0 aliphatic heterocycles. The Hall–Kier alpha value is -3.11. The summed E-state index contributed by atoms with van der Waals surface area (Å²) < 4.78 is 2.07. The summed E-state index contributed by atoms with van der Waals surface area (Å²) in [6, 6.07) is 19.9. The third-order valence-electron chi connectivity index (χ3n) is 5.73. The number of imidazole rings is 1. The first kappa shape index (κ1) is 22.1. The number of halogens is 1. The van der Waals surface area contributed by atoms with Gasteiger partial charge >= 0.3 is 0 Å². The van der Waals surface area contributed by atoms with Crippen molar-refractivity contribution in [2.45, 2.75) is 40.7 Å². The van der Waals surface area contributed by atoms with Crippen molar-refractivity contribution in [2.75, 3.05) is 6.54 Å². The first-order valence-corrected chi connectivity index (χ1v) is 11.4. The van der Waals surface area contributed by atoms with Crippen LogP contribution in [0.25, 0.3) is 16.7 Å². The average Bonchev–Trinajstić information content (AvgIpc) is 3.11. The number of rotatable bonds is 6. The van der Waals surface area contributed by atoms with Crippen molar-refractivity contribution in [3.63, 3.8) is 0 Å². The molecular weight excluding hydrogens is 418 g/mol. The number of aromatic nitrogens is 2. The van der Waals surface area contributed by atoms with Crippen molar-refractivity contribution in [2.24, 2.45) is 0 Å². The van der Waals surface area contributed by atoms with Crippen LogP contribution in [-0.2, 0) is 6.54 Å². The van der Waals surface area contributed by atoms with Crippen molar-refractivity contribution >= 4 is 28.5 Å². The van der Waals surface area contributed by atoms with E-state index in [1.54, 1.807) is 0 Å². The predicted molar refractivity (Wildman–Crippen MR) is 132 cm³/mol. The maximum atomic E-state index is 13.7. The average molecular weight is 446 g/mol. The highest BCUT2D eigenvalue weighted by molar-refractivity contribution is 6.32. The Labute approximate surface area is 194 Å². The lowest BCUT2D eigenvalue weighted by atomic mass is 9.98. The molecule has 0 spiro atoms. The molecule has 0 saturated heterocycles. The number of hydrogen-bond acceptors (Lipinski definition) is 2. The van der Waals surface area contributed by atoms with Gasteiger partial charge in [-0.1, -0.05) is 60.5 Å². The lowest BCUT2D eigenvalue weighted by molar-refractivity contribution is 0.0737. The van der Waals surface area contributed by atoms with E-state index in [0.29, 0.717) is 18.1 Å². The quantitative estimate of drug-likeness (QED) is 0.333. The molecule has 1 amide bonds. The number of nitrogens with zero attached hydrogens (tertiary/aromatic N) is 3. The summed E-state index contributed by atoms with van der Waals surface area (Å²) in [6.45, 7) is 9.22. The van der Waals surface area contributed by atoms with Crippen molar-refractivity contribution in [3.05, 3.63) is 93.8 Å². The van der Waals surface area contributed by atoms with Crippen LogP contribution in [0, 0.1) is 20.8 Å². The lowest BCUT2D eigenvalue weighted by Crippen LogP contribution is -2.33. The van der Waals surface area contributed by atoms with Gasteiger partial charge in [-0.3, -0.25) is 9.36 Å². The molecule has 4 aromatic rings.